The summed E-state index contributed by atoms with van der Waals surface area (Å²) in [6.07, 6.45) is 1.07. The third-order valence-electron chi connectivity index (χ3n) is 2.18. The molecule has 0 fully saturated rings. The number of hydrogen-bond donors (Lipinski definition) is 1. The number of rotatable bonds is 3. The van der Waals surface area contributed by atoms with Gasteiger partial charge in [0.25, 0.3) is 5.69 Å². The molecule has 2 rings (SSSR count). The fourth-order valence-corrected chi connectivity index (χ4v) is 1.38. The number of aliphatic hydroxyl groups is 1. The maximum absolute atomic E-state index is 13.6. The molecule has 1 aromatic carbocycles. The summed E-state index contributed by atoms with van der Waals surface area (Å²) in [6.45, 7) is -0.468. The summed E-state index contributed by atoms with van der Waals surface area (Å²) in [5.74, 6) is -2.64. The number of aliphatic hydroxyl groups excluding tert-OH is 1. The van der Waals surface area contributed by atoms with Crippen LogP contribution in [0.15, 0.2) is 18.3 Å². The summed E-state index contributed by atoms with van der Waals surface area (Å²) < 4.78 is 27.4. The largest absolute Gasteiger partial charge is 0.390 e. The van der Waals surface area contributed by atoms with E-state index in [1.807, 2.05) is 0 Å². The fourth-order valence-electron chi connectivity index (χ4n) is 1.38. The standard InChI is InChI=1S/C9H6F2N4O3/c10-6-1-2-7(15(17)18)9(8(6)11)14-3-5(4-16)12-13-14/h1-3,16H,4H2. The Balaban J connectivity index is 2.67. The summed E-state index contributed by atoms with van der Waals surface area (Å²) in [4.78, 5) is 9.88. The number of nitro benzene ring substituents is 1. The average Bonchev–Trinajstić information content (AvgIpc) is 2.80. The molecule has 7 nitrogen and oxygen atoms in total. The Bertz CT molecular complexity index is 614. The number of benzene rings is 1. The van der Waals surface area contributed by atoms with Crippen molar-refractivity contribution < 1.29 is 18.8 Å². The number of aromatic nitrogens is 3. The summed E-state index contributed by atoms with van der Waals surface area (Å²) in [5.41, 5.74) is -1.23. The van der Waals surface area contributed by atoms with Gasteiger partial charge in [0.1, 0.15) is 5.69 Å². The highest BCUT2D eigenvalue weighted by atomic mass is 19.2. The van der Waals surface area contributed by atoms with E-state index >= 15 is 0 Å². The van der Waals surface area contributed by atoms with Crippen LogP contribution in [0.2, 0.25) is 0 Å². The van der Waals surface area contributed by atoms with Gasteiger partial charge in [0.15, 0.2) is 17.3 Å². The molecular weight excluding hydrogens is 250 g/mol. The fraction of sp³-hybridized carbons (Fsp3) is 0.111. The number of nitro groups is 1. The molecule has 2 aromatic rings. The molecule has 0 aliphatic rings. The van der Waals surface area contributed by atoms with Gasteiger partial charge < -0.3 is 5.11 Å². The number of nitrogens with zero attached hydrogens (tertiary/aromatic N) is 4. The zero-order valence-corrected chi connectivity index (χ0v) is 8.75. The molecule has 0 saturated heterocycles. The zero-order chi connectivity index (χ0) is 13.3. The normalized spacial score (nSPS) is 10.6. The van der Waals surface area contributed by atoms with E-state index in [9.17, 15) is 18.9 Å². The van der Waals surface area contributed by atoms with Gasteiger partial charge in [-0.05, 0) is 6.07 Å². The molecule has 94 valence electrons. The van der Waals surface area contributed by atoms with Gasteiger partial charge in [-0.25, -0.2) is 13.5 Å². The van der Waals surface area contributed by atoms with Gasteiger partial charge >= 0.3 is 0 Å². The summed E-state index contributed by atoms with van der Waals surface area (Å²) in [6, 6.07) is 1.48. The predicted octanol–water partition coefficient (Wildman–Crippen LogP) is 0.946. The second kappa shape index (κ2) is 4.45. The van der Waals surface area contributed by atoms with E-state index in [1.165, 1.54) is 0 Å². The SMILES string of the molecule is O=[N+]([O-])c1ccc(F)c(F)c1-n1cc(CO)nn1. The van der Waals surface area contributed by atoms with Crippen LogP contribution in [0, 0.1) is 21.7 Å². The van der Waals surface area contributed by atoms with Crippen LogP contribution in [-0.2, 0) is 6.61 Å². The lowest BCUT2D eigenvalue weighted by atomic mass is 10.2. The Kier molecular flexibility index (Phi) is 2.98. The van der Waals surface area contributed by atoms with Crippen molar-refractivity contribution in [1.29, 1.82) is 0 Å². The van der Waals surface area contributed by atoms with Crippen LogP contribution in [-0.4, -0.2) is 25.0 Å². The summed E-state index contributed by atoms with van der Waals surface area (Å²) >= 11 is 0. The molecule has 1 N–H and O–H groups in total. The minimum absolute atomic E-state index is 0.0768. The van der Waals surface area contributed by atoms with Crippen molar-refractivity contribution in [2.75, 3.05) is 0 Å². The molecule has 0 saturated carbocycles. The zero-order valence-electron chi connectivity index (χ0n) is 8.75. The van der Waals surface area contributed by atoms with E-state index in [-0.39, 0.29) is 5.69 Å². The Morgan fingerprint density at radius 3 is 2.72 bits per heavy atom. The average molecular weight is 256 g/mol. The van der Waals surface area contributed by atoms with Crippen LogP contribution in [0.1, 0.15) is 5.69 Å². The first-order valence-electron chi connectivity index (χ1n) is 4.69. The van der Waals surface area contributed by atoms with Crippen molar-refractivity contribution in [2.45, 2.75) is 6.61 Å². The van der Waals surface area contributed by atoms with Gasteiger partial charge in [-0.15, -0.1) is 5.10 Å². The third-order valence-corrected chi connectivity index (χ3v) is 2.18. The minimum Gasteiger partial charge on any atom is -0.390 e. The monoisotopic (exact) mass is 256 g/mol. The number of hydrogen-bond acceptors (Lipinski definition) is 5. The van der Waals surface area contributed by atoms with E-state index < -0.39 is 34.5 Å². The highest BCUT2D eigenvalue weighted by Gasteiger charge is 2.24. The van der Waals surface area contributed by atoms with Gasteiger partial charge in [0, 0.05) is 6.07 Å². The molecule has 0 unspecified atom stereocenters. The van der Waals surface area contributed by atoms with E-state index in [0.717, 1.165) is 12.3 Å². The first kappa shape index (κ1) is 12.0. The molecule has 0 aliphatic heterocycles. The van der Waals surface area contributed by atoms with Crippen LogP contribution >= 0.6 is 0 Å². The molecule has 1 heterocycles. The highest BCUT2D eigenvalue weighted by molar-refractivity contribution is 5.53. The molecule has 0 amide bonds. The Morgan fingerprint density at radius 1 is 1.44 bits per heavy atom. The second-order valence-corrected chi connectivity index (χ2v) is 3.30. The second-order valence-electron chi connectivity index (χ2n) is 3.30. The number of halogens is 2. The van der Waals surface area contributed by atoms with Crippen molar-refractivity contribution >= 4 is 5.69 Å². The predicted molar refractivity (Wildman–Crippen MR) is 53.9 cm³/mol. The first-order valence-corrected chi connectivity index (χ1v) is 4.69. The molecule has 0 aliphatic carbocycles. The van der Waals surface area contributed by atoms with E-state index in [4.69, 9.17) is 5.11 Å². The van der Waals surface area contributed by atoms with Crippen LogP contribution in [0.5, 0.6) is 0 Å². The van der Waals surface area contributed by atoms with Crippen molar-refractivity contribution in [1.82, 2.24) is 15.0 Å². The highest BCUT2D eigenvalue weighted by Crippen LogP contribution is 2.26. The molecule has 18 heavy (non-hydrogen) atoms. The van der Waals surface area contributed by atoms with Crippen molar-refractivity contribution in [3.8, 4) is 5.69 Å². The maximum Gasteiger partial charge on any atom is 0.298 e. The van der Waals surface area contributed by atoms with Crippen LogP contribution < -0.4 is 0 Å². The van der Waals surface area contributed by atoms with Crippen LogP contribution in [0.25, 0.3) is 5.69 Å². The van der Waals surface area contributed by atoms with Gasteiger partial charge in [-0.1, -0.05) is 5.21 Å². The first-order chi connectivity index (χ1) is 8.54. The van der Waals surface area contributed by atoms with E-state index in [1.54, 1.807) is 0 Å². The molecule has 0 radical (unpaired) electrons. The molecule has 0 spiro atoms. The van der Waals surface area contributed by atoms with Gasteiger partial charge in [-0.2, -0.15) is 0 Å². The lowest BCUT2D eigenvalue weighted by molar-refractivity contribution is -0.384. The third kappa shape index (κ3) is 1.91. The van der Waals surface area contributed by atoms with E-state index in [2.05, 4.69) is 10.3 Å². The van der Waals surface area contributed by atoms with Gasteiger partial charge in [-0.3, -0.25) is 10.1 Å². The maximum atomic E-state index is 13.6. The Morgan fingerprint density at radius 2 is 2.17 bits per heavy atom. The smallest absolute Gasteiger partial charge is 0.298 e. The Labute approximate surface area is 98.4 Å². The van der Waals surface area contributed by atoms with Crippen molar-refractivity contribution in [3.05, 3.63) is 45.8 Å². The van der Waals surface area contributed by atoms with Gasteiger partial charge in [0.05, 0.1) is 17.7 Å². The topological polar surface area (TPSA) is 94.1 Å². The summed E-state index contributed by atoms with van der Waals surface area (Å²) in [7, 11) is 0. The van der Waals surface area contributed by atoms with E-state index in [0.29, 0.717) is 10.7 Å². The lowest BCUT2D eigenvalue weighted by Crippen LogP contribution is -2.05. The molecule has 9 heteroatoms. The minimum atomic E-state index is -1.40. The van der Waals surface area contributed by atoms with Crippen molar-refractivity contribution in [2.24, 2.45) is 0 Å². The lowest BCUT2D eigenvalue weighted by Gasteiger charge is -2.03. The molecule has 0 atom stereocenters. The summed E-state index contributed by atoms with van der Waals surface area (Å²) in [5, 5.41) is 26.4. The quantitative estimate of drug-likeness (QED) is 0.651. The molecule has 0 bridgehead atoms. The molecular formula is C9H6F2N4O3. The van der Waals surface area contributed by atoms with Crippen LogP contribution in [0.4, 0.5) is 14.5 Å². The van der Waals surface area contributed by atoms with Crippen LogP contribution in [0.3, 0.4) is 0 Å². The van der Waals surface area contributed by atoms with Crippen molar-refractivity contribution in [3.63, 3.8) is 0 Å². The van der Waals surface area contributed by atoms with Gasteiger partial charge in [0.2, 0.25) is 0 Å². The Hall–Kier alpha value is -2.42. The molecule has 1 aromatic heterocycles.